The van der Waals surface area contributed by atoms with Crippen molar-refractivity contribution in [3.8, 4) is 0 Å². The summed E-state index contributed by atoms with van der Waals surface area (Å²) in [5.74, 6) is 1.34. The van der Waals surface area contributed by atoms with Gasteiger partial charge in [-0.3, -0.25) is 0 Å². The molecule has 0 radical (unpaired) electrons. The number of aryl methyl sites for hydroxylation is 1. The Morgan fingerprint density at radius 1 is 1.30 bits per heavy atom. The monoisotopic (exact) mass is 376 g/mol. The smallest absolute Gasteiger partial charge is 0.194 e. The molecule has 1 aliphatic heterocycles. The van der Waals surface area contributed by atoms with Crippen molar-refractivity contribution in [1.29, 1.82) is 0 Å². The molecule has 1 aromatic heterocycles. The van der Waals surface area contributed by atoms with Crippen LogP contribution in [0.3, 0.4) is 0 Å². The average molecular weight is 376 g/mol. The molecule has 27 heavy (non-hydrogen) atoms. The lowest BCUT2D eigenvalue weighted by Gasteiger charge is -2.32. The SMILES string of the molecule is CCCCNC(=NCc1nnc(C)n1C)N1CCc2c(F)cc(F)cc2C1. The zero-order valence-corrected chi connectivity index (χ0v) is 16.1. The lowest BCUT2D eigenvalue weighted by atomic mass is 9.99. The van der Waals surface area contributed by atoms with Gasteiger partial charge in [-0.15, -0.1) is 10.2 Å². The third-order valence-corrected chi connectivity index (χ3v) is 4.91. The first kappa shape index (κ1) is 19.3. The van der Waals surface area contributed by atoms with Crippen LogP contribution in [0.1, 0.15) is 42.5 Å². The van der Waals surface area contributed by atoms with Crippen LogP contribution in [0.15, 0.2) is 17.1 Å². The van der Waals surface area contributed by atoms with Gasteiger partial charge >= 0.3 is 0 Å². The van der Waals surface area contributed by atoms with Gasteiger partial charge in [0, 0.05) is 32.7 Å². The van der Waals surface area contributed by atoms with Crippen LogP contribution < -0.4 is 5.32 Å². The summed E-state index contributed by atoms with van der Waals surface area (Å²) in [6.45, 7) is 6.28. The Morgan fingerprint density at radius 2 is 2.11 bits per heavy atom. The van der Waals surface area contributed by atoms with Crippen LogP contribution in [0.2, 0.25) is 0 Å². The fourth-order valence-electron chi connectivity index (χ4n) is 3.17. The highest BCUT2D eigenvalue weighted by Gasteiger charge is 2.22. The van der Waals surface area contributed by atoms with E-state index >= 15 is 0 Å². The number of nitrogens with one attached hydrogen (secondary N) is 1. The van der Waals surface area contributed by atoms with Gasteiger partial charge in [0.25, 0.3) is 0 Å². The molecule has 2 aromatic rings. The summed E-state index contributed by atoms with van der Waals surface area (Å²) in [6.07, 6.45) is 2.62. The van der Waals surface area contributed by atoms with E-state index in [-0.39, 0.29) is 0 Å². The van der Waals surface area contributed by atoms with Crippen molar-refractivity contribution in [3.05, 3.63) is 46.5 Å². The van der Waals surface area contributed by atoms with Crippen LogP contribution in [-0.4, -0.2) is 38.7 Å². The Morgan fingerprint density at radius 3 is 2.81 bits per heavy atom. The quantitative estimate of drug-likeness (QED) is 0.495. The molecule has 1 N–H and O–H groups in total. The number of aliphatic imine (C=N–C) groups is 1. The van der Waals surface area contributed by atoms with Crippen LogP contribution >= 0.6 is 0 Å². The Labute approximate surface area is 158 Å². The van der Waals surface area contributed by atoms with Crippen LogP contribution in [0.4, 0.5) is 8.78 Å². The maximum absolute atomic E-state index is 14.0. The van der Waals surface area contributed by atoms with E-state index in [0.29, 0.717) is 37.2 Å². The van der Waals surface area contributed by atoms with Gasteiger partial charge in [0.15, 0.2) is 11.8 Å². The van der Waals surface area contributed by atoms with Crippen molar-refractivity contribution in [2.45, 2.75) is 46.2 Å². The van der Waals surface area contributed by atoms with E-state index in [2.05, 4.69) is 22.4 Å². The van der Waals surface area contributed by atoms with E-state index in [1.807, 2.05) is 23.4 Å². The predicted octanol–water partition coefficient (Wildman–Crippen LogP) is 2.71. The number of hydrogen-bond donors (Lipinski definition) is 1. The van der Waals surface area contributed by atoms with E-state index in [0.717, 1.165) is 43.1 Å². The fraction of sp³-hybridized carbons (Fsp3) is 0.526. The summed E-state index contributed by atoms with van der Waals surface area (Å²) in [4.78, 5) is 6.74. The highest BCUT2D eigenvalue weighted by molar-refractivity contribution is 5.80. The predicted molar refractivity (Wildman–Crippen MR) is 100 cm³/mol. The molecular weight excluding hydrogens is 350 g/mol. The highest BCUT2D eigenvalue weighted by atomic mass is 19.1. The van der Waals surface area contributed by atoms with Crippen molar-refractivity contribution < 1.29 is 8.78 Å². The molecule has 3 rings (SSSR count). The van der Waals surface area contributed by atoms with Crippen LogP contribution in [-0.2, 0) is 26.6 Å². The lowest BCUT2D eigenvalue weighted by molar-refractivity contribution is 0.368. The topological polar surface area (TPSA) is 58.3 Å². The van der Waals surface area contributed by atoms with E-state index in [1.165, 1.54) is 6.07 Å². The van der Waals surface area contributed by atoms with E-state index in [4.69, 9.17) is 4.99 Å². The van der Waals surface area contributed by atoms with E-state index < -0.39 is 11.6 Å². The van der Waals surface area contributed by atoms with Gasteiger partial charge < -0.3 is 14.8 Å². The van der Waals surface area contributed by atoms with Gasteiger partial charge in [-0.1, -0.05) is 13.3 Å². The average Bonchev–Trinajstić information content (AvgIpc) is 2.96. The third kappa shape index (κ3) is 4.43. The minimum atomic E-state index is -0.542. The van der Waals surface area contributed by atoms with Gasteiger partial charge in [0.1, 0.15) is 24.0 Å². The van der Waals surface area contributed by atoms with Crippen molar-refractivity contribution in [2.75, 3.05) is 13.1 Å². The largest absolute Gasteiger partial charge is 0.356 e. The third-order valence-electron chi connectivity index (χ3n) is 4.91. The minimum Gasteiger partial charge on any atom is -0.356 e. The molecule has 0 bridgehead atoms. The number of unbranched alkanes of at least 4 members (excludes halogenated alkanes) is 1. The second-order valence-corrected chi connectivity index (χ2v) is 6.84. The second kappa shape index (κ2) is 8.45. The Bertz CT molecular complexity index is 830. The molecular formula is C19H26F2N6. The number of rotatable bonds is 5. The molecule has 0 saturated carbocycles. The molecule has 0 spiro atoms. The first-order valence-electron chi connectivity index (χ1n) is 9.34. The lowest BCUT2D eigenvalue weighted by Crippen LogP contribution is -2.44. The summed E-state index contributed by atoms with van der Waals surface area (Å²) in [5, 5.41) is 11.6. The molecule has 146 valence electrons. The molecule has 0 atom stereocenters. The zero-order valence-electron chi connectivity index (χ0n) is 16.1. The maximum Gasteiger partial charge on any atom is 0.194 e. The van der Waals surface area contributed by atoms with Crippen molar-refractivity contribution in [2.24, 2.45) is 12.0 Å². The van der Waals surface area contributed by atoms with Crippen molar-refractivity contribution >= 4 is 5.96 Å². The molecule has 8 heteroatoms. The fourth-order valence-corrected chi connectivity index (χ4v) is 3.17. The maximum atomic E-state index is 14.0. The summed E-state index contributed by atoms with van der Waals surface area (Å²) in [5.41, 5.74) is 1.28. The van der Waals surface area contributed by atoms with Crippen LogP contribution in [0.25, 0.3) is 0 Å². The van der Waals surface area contributed by atoms with Crippen LogP contribution in [0, 0.1) is 18.6 Å². The highest BCUT2D eigenvalue weighted by Crippen LogP contribution is 2.23. The first-order chi connectivity index (χ1) is 13.0. The summed E-state index contributed by atoms with van der Waals surface area (Å²) in [7, 11) is 1.91. The van der Waals surface area contributed by atoms with Gasteiger partial charge in [0.2, 0.25) is 0 Å². The molecule has 2 heterocycles. The Hall–Kier alpha value is -2.51. The molecule has 0 fully saturated rings. The molecule has 0 saturated heterocycles. The van der Waals surface area contributed by atoms with Gasteiger partial charge in [-0.2, -0.15) is 0 Å². The van der Waals surface area contributed by atoms with Crippen molar-refractivity contribution in [3.63, 3.8) is 0 Å². The van der Waals surface area contributed by atoms with Gasteiger partial charge in [-0.05, 0) is 37.0 Å². The van der Waals surface area contributed by atoms with E-state index in [9.17, 15) is 8.78 Å². The molecule has 0 amide bonds. The number of aromatic nitrogens is 3. The first-order valence-corrected chi connectivity index (χ1v) is 9.34. The minimum absolute atomic E-state index is 0.396. The number of halogens is 2. The number of hydrogen-bond acceptors (Lipinski definition) is 3. The number of guanidine groups is 1. The number of fused-ring (bicyclic) bond motifs is 1. The molecule has 0 unspecified atom stereocenters. The molecule has 0 aliphatic carbocycles. The Balaban J connectivity index is 1.80. The van der Waals surface area contributed by atoms with Crippen LogP contribution in [0.5, 0.6) is 0 Å². The molecule has 6 nitrogen and oxygen atoms in total. The normalized spacial score (nSPS) is 14.4. The van der Waals surface area contributed by atoms with E-state index in [1.54, 1.807) is 0 Å². The van der Waals surface area contributed by atoms with Gasteiger partial charge in [-0.25, -0.2) is 13.8 Å². The molecule has 1 aliphatic rings. The zero-order chi connectivity index (χ0) is 19.4. The summed E-state index contributed by atoms with van der Waals surface area (Å²) in [6, 6.07) is 2.37. The Kier molecular flexibility index (Phi) is 6.03. The van der Waals surface area contributed by atoms with Gasteiger partial charge in [0.05, 0.1) is 0 Å². The molecule has 1 aromatic carbocycles. The van der Waals surface area contributed by atoms with Crippen molar-refractivity contribution in [1.82, 2.24) is 25.0 Å². The number of benzene rings is 1. The standard InChI is InChI=1S/C19H26F2N6/c1-4-5-7-22-19(23-11-18-25-24-13(2)26(18)3)27-8-6-16-14(12-27)9-15(20)10-17(16)21/h9-10H,4-8,11-12H2,1-3H3,(H,22,23). The second-order valence-electron chi connectivity index (χ2n) is 6.84. The summed E-state index contributed by atoms with van der Waals surface area (Å²) < 4.78 is 29.5. The summed E-state index contributed by atoms with van der Waals surface area (Å²) >= 11 is 0. The number of nitrogens with zero attached hydrogens (tertiary/aromatic N) is 5.